The van der Waals surface area contributed by atoms with Gasteiger partial charge in [-0.15, -0.1) is 0 Å². The van der Waals surface area contributed by atoms with Crippen LogP contribution in [-0.4, -0.2) is 29.7 Å². The molecule has 3 N–H and O–H groups in total. The first kappa shape index (κ1) is 17.1. The van der Waals surface area contributed by atoms with Crippen LogP contribution < -0.4 is 10.6 Å². The van der Waals surface area contributed by atoms with Crippen molar-refractivity contribution in [3.8, 4) is 0 Å². The number of furan rings is 1. The van der Waals surface area contributed by atoms with Crippen LogP contribution in [0.5, 0.6) is 0 Å². The van der Waals surface area contributed by atoms with Crippen molar-refractivity contribution < 1.29 is 19.1 Å². The molecule has 0 fully saturated rings. The lowest BCUT2D eigenvalue weighted by molar-refractivity contribution is -0.141. The molecule has 6 heteroatoms. The Morgan fingerprint density at radius 2 is 2.10 bits per heavy atom. The lowest BCUT2D eigenvalue weighted by Gasteiger charge is -2.15. The summed E-state index contributed by atoms with van der Waals surface area (Å²) in [5.41, 5.74) is 0. The fourth-order valence-electron chi connectivity index (χ4n) is 1.95. The lowest BCUT2D eigenvalue weighted by Crippen LogP contribution is -2.41. The Balaban J connectivity index is 2.08. The van der Waals surface area contributed by atoms with E-state index < -0.39 is 5.97 Å². The number of hydrogen-bond donors (Lipinski definition) is 3. The van der Waals surface area contributed by atoms with Gasteiger partial charge in [-0.1, -0.05) is 13.3 Å². The topological polar surface area (TPSA) is 91.6 Å². The zero-order valence-electron chi connectivity index (χ0n) is 12.6. The standard InChI is InChI=1S/C15H24N2O4/c1-11(14(18)19)5-3-6-12(2)17-15(20)16-9-8-13-7-4-10-21-13/h4,7,10-12H,3,5-6,8-9H2,1-2H3,(H,18,19)(H2,16,17,20). The third kappa shape index (κ3) is 7.39. The third-order valence-electron chi connectivity index (χ3n) is 3.31. The van der Waals surface area contributed by atoms with E-state index in [2.05, 4.69) is 10.6 Å². The number of nitrogens with one attached hydrogen (secondary N) is 2. The molecule has 2 atom stereocenters. The number of rotatable bonds is 9. The largest absolute Gasteiger partial charge is 0.481 e. The molecule has 0 saturated carbocycles. The lowest BCUT2D eigenvalue weighted by atomic mass is 10.0. The van der Waals surface area contributed by atoms with Crippen LogP contribution in [0.25, 0.3) is 0 Å². The maximum Gasteiger partial charge on any atom is 0.315 e. The van der Waals surface area contributed by atoms with Gasteiger partial charge in [0.1, 0.15) is 5.76 Å². The van der Waals surface area contributed by atoms with Crippen molar-refractivity contribution in [2.45, 2.75) is 45.6 Å². The van der Waals surface area contributed by atoms with Gasteiger partial charge in [0.15, 0.2) is 0 Å². The number of carboxylic acid groups (broad SMARTS) is 1. The van der Waals surface area contributed by atoms with Crippen LogP contribution in [0.3, 0.4) is 0 Å². The van der Waals surface area contributed by atoms with Crippen LogP contribution in [0.1, 0.15) is 38.9 Å². The zero-order valence-corrected chi connectivity index (χ0v) is 12.6. The fourth-order valence-corrected chi connectivity index (χ4v) is 1.95. The smallest absolute Gasteiger partial charge is 0.315 e. The first-order chi connectivity index (χ1) is 9.99. The minimum absolute atomic E-state index is 0.0228. The molecular weight excluding hydrogens is 272 g/mol. The Morgan fingerprint density at radius 1 is 1.33 bits per heavy atom. The average Bonchev–Trinajstić information content (AvgIpc) is 2.91. The molecule has 2 unspecified atom stereocenters. The molecule has 0 aliphatic rings. The molecule has 0 bridgehead atoms. The van der Waals surface area contributed by atoms with Gasteiger partial charge >= 0.3 is 12.0 Å². The molecule has 0 aliphatic heterocycles. The number of carboxylic acids is 1. The summed E-state index contributed by atoms with van der Waals surface area (Å²) in [5.74, 6) is -0.267. The second-order valence-electron chi connectivity index (χ2n) is 5.30. The fraction of sp³-hybridized carbons (Fsp3) is 0.600. The molecule has 6 nitrogen and oxygen atoms in total. The first-order valence-electron chi connectivity index (χ1n) is 7.28. The minimum Gasteiger partial charge on any atom is -0.481 e. The summed E-state index contributed by atoms with van der Waals surface area (Å²) in [5, 5.41) is 14.4. The van der Waals surface area contributed by atoms with E-state index in [-0.39, 0.29) is 18.0 Å². The molecule has 118 valence electrons. The van der Waals surface area contributed by atoms with Gasteiger partial charge < -0.3 is 20.2 Å². The highest BCUT2D eigenvalue weighted by Gasteiger charge is 2.12. The molecule has 0 spiro atoms. The van der Waals surface area contributed by atoms with Crippen molar-refractivity contribution in [1.82, 2.24) is 10.6 Å². The van der Waals surface area contributed by atoms with Gasteiger partial charge in [0.2, 0.25) is 0 Å². The number of carbonyl (C=O) groups is 2. The van der Waals surface area contributed by atoms with E-state index in [0.717, 1.165) is 18.6 Å². The average molecular weight is 296 g/mol. The van der Waals surface area contributed by atoms with Crippen LogP contribution in [0, 0.1) is 5.92 Å². The van der Waals surface area contributed by atoms with Crippen molar-refractivity contribution in [2.75, 3.05) is 6.54 Å². The highest BCUT2D eigenvalue weighted by Crippen LogP contribution is 2.09. The third-order valence-corrected chi connectivity index (χ3v) is 3.31. The maximum absolute atomic E-state index is 11.6. The number of hydrogen-bond acceptors (Lipinski definition) is 3. The SMILES string of the molecule is CC(CCCC(C)C(=O)O)NC(=O)NCCc1ccco1. The van der Waals surface area contributed by atoms with E-state index in [4.69, 9.17) is 9.52 Å². The first-order valence-corrected chi connectivity index (χ1v) is 7.28. The Kier molecular flexibility index (Phi) is 7.36. The van der Waals surface area contributed by atoms with E-state index in [1.807, 2.05) is 19.1 Å². The molecule has 1 heterocycles. The molecule has 21 heavy (non-hydrogen) atoms. The second-order valence-corrected chi connectivity index (χ2v) is 5.30. The minimum atomic E-state index is -0.772. The predicted octanol–water partition coefficient (Wildman–Crippen LogP) is 2.40. The molecule has 1 aromatic heterocycles. The van der Waals surface area contributed by atoms with Gasteiger partial charge in [0, 0.05) is 19.0 Å². The molecule has 0 aliphatic carbocycles. The van der Waals surface area contributed by atoms with Crippen molar-refractivity contribution in [3.63, 3.8) is 0 Å². The summed E-state index contributed by atoms with van der Waals surface area (Å²) in [7, 11) is 0. The van der Waals surface area contributed by atoms with E-state index >= 15 is 0 Å². The molecule has 1 rings (SSSR count). The Hall–Kier alpha value is -1.98. The van der Waals surface area contributed by atoms with Crippen molar-refractivity contribution in [1.29, 1.82) is 0 Å². The van der Waals surface area contributed by atoms with Gasteiger partial charge in [-0.2, -0.15) is 0 Å². The highest BCUT2D eigenvalue weighted by molar-refractivity contribution is 5.74. The van der Waals surface area contributed by atoms with Gasteiger partial charge in [-0.25, -0.2) is 4.79 Å². The summed E-state index contributed by atoms with van der Waals surface area (Å²) in [4.78, 5) is 22.3. The normalized spacial score (nSPS) is 13.4. The quantitative estimate of drug-likeness (QED) is 0.652. The van der Waals surface area contributed by atoms with Crippen LogP contribution in [0.15, 0.2) is 22.8 Å². The van der Waals surface area contributed by atoms with Crippen LogP contribution in [0.2, 0.25) is 0 Å². The summed E-state index contributed by atoms with van der Waals surface area (Å²) in [6, 6.07) is 3.50. The molecule has 1 aromatic rings. The monoisotopic (exact) mass is 296 g/mol. The van der Waals surface area contributed by atoms with Crippen molar-refractivity contribution >= 4 is 12.0 Å². The summed E-state index contributed by atoms with van der Waals surface area (Å²) in [6.45, 7) is 4.13. The van der Waals surface area contributed by atoms with Crippen LogP contribution >= 0.6 is 0 Å². The van der Waals surface area contributed by atoms with Crippen molar-refractivity contribution in [2.24, 2.45) is 5.92 Å². The molecule has 0 aromatic carbocycles. The molecule has 0 saturated heterocycles. The molecule has 2 amide bonds. The highest BCUT2D eigenvalue weighted by atomic mass is 16.4. The predicted molar refractivity (Wildman–Crippen MR) is 79.1 cm³/mol. The van der Waals surface area contributed by atoms with Gasteiger partial charge in [0.05, 0.1) is 12.2 Å². The van der Waals surface area contributed by atoms with E-state index in [0.29, 0.717) is 19.4 Å². The molecular formula is C15H24N2O4. The van der Waals surface area contributed by atoms with Crippen LogP contribution in [0.4, 0.5) is 4.79 Å². The Bertz CT molecular complexity index is 431. The van der Waals surface area contributed by atoms with E-state index in [9.17, 15) is 9.59 Å². The second kappa shape index (κ2) is 9.05. The number of amides is 2. The van der Waals surface area contributed by atoms with Gasteiger partial charge in [0.25, 0.3) is 0 Å². The van der Waals surface area contributed by atoms with E-state index in [1.165, 1.54) is 0 Å². The van der Waals surface area contributed by atoms with E-state index in [1.54, 1.807) is 13.2 Å². The number of carbonyl (C=O) groups excluding carboxylic acids is 1. The summed E-state index contributed by atoms with van der Waals surface area (Å²) >= 11 is 0. The maximum atomic E-state index is 11.6. The van der Waals surface area contributed by atoms with Gasteiger partial charge in [-0.3, -0.25) is 4.79 Å². The summed E-state index contributed by atoms with van der Waals surface area (Å²) in [6.07, 6.45) is 4.44. The number of urea groups is 1. The summed E-state index contributed by atoms with van der Waals surface area (Å²) < 4.78 is 5.17. The molecule has 0 radical (unpaired) electrons. The van der Waals surface area contributed by atoms with Crippen LogP contribution in [-0.2, 0) is 11.2 Å². The Morgan fingerprint density at radius 3 is 2.71 bits per heavy atom. The number of aliphatic carboxylic acids is 1. The van der Waals surface area contributed by atoms with Gasteiger partial charge in [-0.05, 0) is 31.9 Å². The Labute approximate surface area is 124 Å². The van der Waals surface area contributed by atoms with Crippen molar-refractivity contribution in [3.05, 3.63) is 24.2 Å². The zero-order chi connectivity index (χ0) is 15.7.